The van der Waals surface area contributed by atoms with Crippen LogP contribution in [0.15, 0.2) is 59.5 Å². The van der Waals surface area contributed by atoms with E-state index in [1.165, 1.54) is 28.8 Å². The molecule has 0 bridgehead atoms. The van der Waals surface area contributed by atoms with E-state index >= 15 is 0 Å². The molecule has 2 aromatic rings. The quantitative estimate of drug-likeness (QED) is 0.337. The van der Waals surface area contributed by atoms with E-state index in [4.69, 9.17) is 10.3 Å². The van der Waals surface area contributed by atoms with Gasteiger partial charge >= 0.3 is 5.97 Å². The molecule has 0 unspecified atom stereocenters. The number of hydrogen-bond donors (Lipinski definition) is 4. The van der Waals surface area contributed by atoms with Gasteiger partial charge in [-0.25, -0.2) is 4.79 Å². The Hall–Kier alpha value is -2.93. The Morgan fingerprint density at radius 3 is 2.20 bits per heavy atom. The summed E-state index contributed by atoms with van der Waals surface area (Å²) in [7, 11) is -4.02. The van der Waals surface area contributed by atoms with E-state index in [1.807, 2.05) is 13.0 Å². The zero-order valence-electron chi connectivity index (χ0n) is 19.3. The van der Waals surface area contributed by atoms with Gasteiger partial charge in [0.2, 0.25) is 11.8 Å². The number of carbonyl (C=O) groups is 3. The number of fused-ring (bicyclic) bond motifs is 1. The molecule has 4 rings (SSSR count). The number of carboxylic acid groups (broad SMARTS) is 1. The Morgan fingerprint density at radius 2 is 1.69 bits per heavy atom. The maximum atomic E-state index is 12.3. The van der Waals surface area contributed by atoms with Crippen LogP contribution in [0.4, 0.5) is 0 Å². The number of β-lactam (4-membered cyclic amide) rings is 1. The predicted molar refractivity (Wildman–Crippen MR) is 130 cm³/mol. The third-order valence-corrected chi connectivity index (χ3v) is 8.17. The predicted octanol–water partition coefficient (Wildman–Crippen LogP) is 1.56. The monoisotopic (exact) mass is 521 g/mol. The zero-order chi connectivity index (χ0) is 26.1. The van der Waals surface area contributed by atoms with Crippen LogP contribution in [0, 0.1) is 6.92 Å². The average Bonchev–Trinajstić information content (AvgIpc) is 3.05. The van der Waals surface area contributed by atoms with Gasteiger partial charge in [-0.05, 0) is 38.5 Å². The van der Waals surface area contributed by atoms with Gasteiger partial charge in [0.25, 0.3) is 10.1 Å². The third kappa shape index (κ3) is 5.67. The van der Waals surface area contributed by atoms with E-state index in [1.54, 1.807) is 50.2 Å². The van der Waals surface area contributed by atoms with Crippen molar-refractivity contribution in [3.05, 3.63) is 65.7 Å². The van der Waals surface area contributed by atoms with E-state index in [0.29, 0.717) is 5.56 Å². The highest BCUT2D eigenvalue weighted by Crippen LogP contribution is 2.50. The van der Waals surface area contributed by atoms with Gasteiger partial charge in [0.1, 0.15) is 23.5 Å². The van der Waals surface area contributed by atoms with Crippen LogP contribution < -0.4 is 11.1 Å². The third-order valence-electron chi connectivity index (χ3n) is 5.73. The molecule has 10 nitrogen and oxygen atoms in total. The minimum absolute atomic E-state index is 0.0666. The van der Waals surface area contributed by atoms with Crippen LogP contribution in [0.1, 0.15) is 31.0 Å². The first-order valence-corrected chi connectivity index (χ1v) is 12.9. The van der Waals surface area contributed by atoms with Crippen LogP contribution in [-0.2, 0) is 24.5 Å². The average molecular weight is 522 g/mol. The lowest BCUT2D eigenvalue weighted by atomic mass is 9.95. The first-order chi connectivity index (χ1) is 16.2. The molecule has 0 spiro atoms. The SMILES string of the molecule is CC1(C)S[C@@H]2[C@H](NC(=O)[C@H](N)c3ccccc3)C(=O)N2[C@H]1C(=O)O.Cc1ccc(S(=O)(=O)O)cc1. The summed E-state index contributed by atoms with van der Waals surface area (Å²) in [5.41, 5.74) is 7.55. The molecule has 5 N–H and O–H groups in total. The minimum Gasteiger partial charge on any atom is -0.480 e. The molecule has 2 heterocycles. The van der Waals surface area contributed by atoms with Crippen molar-refractivity contribution >= 4 is 39.7 Å². The van der Waals surface area contributed by atoms with Crippen molar-refractivity contribution in [2.45, 2.75) is 53.9 Å². The molecule has 0 aromatic heterocycles. The number of nitrogens with one attached hydrogen (secondary N) is 1. The van der Waals surface area contributed by atoms with E-state index in [2.05, 4.69) is 5.32 Å². The van der Waals surface area contributed by atoms with Crippen LogP contribution >= 0.6 is 11.8 Å². The van der Waals surface area contributed by atoms with Crippen LogP contribution in [0.3, 0.4) is 0 Å². The van der Waals surface area contributed by atoms with Gasteiger partial charge < -0.3 is 21.1 Å². The second kappa shape index (κ2) is 9.97. The molecular formula is C23H27N3O7S2. The fraction of sp³-hybridized carbons (Fsp3) is 0.348. The first-order valence-electron chi connectivity index (χ1n) is 10.6. The maximum Gasteiger partial charge on any atom is 0.327 e. The lowest BCUT2D eigenvalue weighted by molar-refractivity contribution is -0.161. The van der Waals surface area contributed by atoms with Gasteiger partial charge in [-0.2, -0.15) is 8.42 Å². The number of amides is 2. The summed E-state index contributed by atoms with van der Waals surface area (Å²) >= 11 is 1.38. The molecular weight excluding hydrogens is 494 g/mol. The highest BCUT2D eigenvalue weighted by molar-refractivity contribution is 8.01. The van der Waals surface area contributed by atoms with E-state index < -0.39 is 44.9 Å². The molecule has 0 aliphatic carbocycles. The van der Waals surface area contributed by atoms with Gasteiger partial charge in [0.05, 0.1) is 4.90 Å². The number of thioether (sulfide) groups is 1. The van der Waals surface area contributed by atoms with Crippen molar-refractivity contribution in [3.63, 3.8) is 0 Å². The number of nitrogens with two attached hydrogens (primary N) is 1. The van der Waals surface area contributed by atoms with Crippen LogP contribution in [0.5, 0.6) is 0 Å². The second-order valence-electron chi connectivity index (χ2n) is 8.76. The Balaban J connectivity index is 0.000000261. The number of hydrogen-bond acceptors (Lipinski definition) is 7. The van der Waals surface area contributed by atoms with Gasteiger partial charge in [0, 0.05) is 4.75 Å². The number of aryl methyl sites for hydroxylation is 1. The second-order valence-corrected chi connectivity index (χ2v) is 12.0. The lowest BCUT2D eigenvalue weighted by Crippen LogP contribution is -2.71. The van der Waals surface area contributed by atoms with Gasteiger partial charge in [-0.1, -0.05) is 48.0 Å². The highest BCUT2D eigenvalue weighted by atomic mass is 32.2. The van der Waals surface area contributed by atoms with E-state index in [0.717, 1.165) is 5.56 Å². The number of carboxylic acids is 1. The molecule has 2 fully saturated rings. The Bertz CT molecular complexity index is 1220. The van der Waals surface area contributed by atoms with Crippen molar-refractivity contribution in [2.24, 2.45) is 5.73 Å². The van der Waals surface area contributed by atoms with E-state index in [-0.39, 0.29) is 16.2 Å². The fourth-order valence-corrected chi connectivity index (χ4v) is 6.02. The number of benzene rings is 2. The van der Waals surface area contributed by atoms with Gasteiger partial charge in [-0.15, -0.1) is 11.8 Å². The molecule has 2 aliphatic rings. The van der Waals surface area contributed by atoms with Crippen LogP contribution in [0.2, 0.25) is 0 Å². The number of rotatable bonds is 5. The molecule has 2 aliphatic heterocycles. The fourth-order valence-electron chi connectivity index (χ4n) is 3.91. The molecule has 0 radical (unpaired) electrons. The molecule has 35 heavy (non-hydrogen) atoms. The first kappa shape index (κ1) is 26.7. The molecule has 2 saturated heterocycles. The topological polar surface area (TPSA) is 167 Å². The summed E-state index contributed by atoms with van der Waals surface area (Å²) in [6.07, 6.45) is 0. The Morgan fingerprint density at radius 1 is 1.11 bits per heavy atom. The van der Waals surface area contributed by atoms with Gasteiger partial charge in [-0.3, -0.25) is 14.1 Å². The summed E-state index contributed by atoms with van der Waals surface area (Å²) in [6.45, 7) is 5.42. The molecule has 2 aromatic carbocycles. The molecule has 2 amide bonds. The van der Waals surface area contributed by atoms with Gasteiger partial charge in [0.15, 0.2) is 0 Å². The van der Waals surface area contributed by atoms with Crippen molar-refractivity contribution < 1.29 is 32.5 Å². The van der Waals surface area contributed by atoms with E-state index in [9.17, 15) is 27.9 Å². The summed E-state index contributed by atoms with van der Waals surface area (Å²) < 4.78 is 28.9. The summed E-state index contributed by atoms with van der Waals surface area (Å²) in [5, 5.41) is 11.7. The van der Waals surface area contributed by atoms with Crippen LogP contribution in [0.25, 0.3) is 0 Å². The number of nitrogens with zero attached hydrogens (tertiary/aromatic N) is 1. The molecule has 188 valence electrons. The smallest absolute Gasteiger partial charge is 0.327 e. The molecule has 12 heteroatoms. The lowest BCUT2D eigenvalue weighted by Gasteiger charge is -2.43. The number of carbonyl (C=O) groups excluding carboxylic acids is 2. The minimum atomic E-state index is -4.02. The van der Waals surface area contributed by atoms with Crippen molar-refractivity contribution in [1.82, 2.24) is 10.2 Å². The van der Waals surface area contributed by atoms with Crippen LogP contribution in [-0.4, -0.2) is 63.0 Å². The normalized spacial score (nSPS) is 23.3. The molecule has 4 atom stereocenters. The summed E-state index contributed by atoms with van der Waals surface area (Å²) in [4.78, 5) is 37.4. The standard InChI is InChI=1S/C16H19N3O4S.C7H8O3S/c1-16(2)11(15(22)23)19-13(21)10(14(19)24-16)18-12(20)9(17)8-6-4-3-5-7-8;1-6-2-4-7(5-3-6)11(8,9)10/h3-7,9-11,14H,17H2,1-2H3,(H,18,20)(H,22,23);2-5H,1H3,(H,8,9,10)/t9-,10-,11+,14-;/m1./s1. The molecule has 0 saturated carbocycles. The number of aliphatic carboxylic acids is 1. The summed E-state index contributed by atoms with van der Waals surface area (Å²) in [5.74, 6) is -1.86. The Labute approximate surface area is 207 Å². The Kier molecular flexibility index (Phi) is 7.60. The van der Waals surface area contributed by atoms with Crippen molar-refractivity contribution in [3.8, 4) is 0 Å². The largest absolute Gasteiger partial charge is 0.480 e. The van der Waals surface area contributed by atoms with Crippen molar-refractivity contribution in [1.29, 1.82) is 0 Å². The summed E-state index contributed by atoms with van der Waals surface area (Å²) in [6, 6.07) is 12.4. The maximum absolute atomic E-state index is 12.3. The zero-order valence-corrected chi connectivity index (χ0v) is 20.9. The highest BCUT2D eigenvalue weighted by Gasteiger charge is 2.64. The van der Waals surface area contributed by atoms with Crippen molar-refractivity contribution in [2.75, 3.05) is 0 Å².